The Labute approximate surface area is 164 Å². The van der Waals surface area contributed by atoms with Gasteiger partial charge in [0.2, 0.25) is 0 Å². The third-order valence-electron chi connectivity index (χ3n) is 5.37. The standard InChI is InChI=1S/C22H24N2O4/c1-27-13-16-7-9-17(10-8-16)21(26)24-12-4-11-22(15-24)14-23-20(25)18-5-2-3-6-19(18)28-22/h2-3,5-10H,4,11-15H2,1H3,(H,23,25). The summed E-state index contributed by atoms with van der Waals surface area (Å²) in [5.74, 6) is 0.427. The Balaban J connectivity index is 1.54. The van der Waals surface area contributed by atoms with Gasteiger partial charge in [0.25, 0.3) is 11.8 Å². The average Bonchev–Trinajstić information content (AvgIpc) is 2.85. The van der Waals surface area contributed by atoms with Gasteiger partial charge in [-0.1, -0.05) is 24.3 Å². The number of carbonyl (C=O) groups is 2. The van der Waals surface area contributed by atoms with Crippen molar-refractivity contribution >= 4 is 11.8 Å². The summed E-state index contributed by atoms with van der Waals surface area (Å²) in [6, 6.07) is 14.8. The molecule has 6 nitrogen and oxygen atoms in total. The minimum Gasteiger partial charge on any atom is -0.483 e. The van der Waals surface area contributed by atoms with Gasteiger partial charge in [0.05, 0.1) is 25.3 Å². The first kappa shape index (κ1) is 18.5. The third-order valence-corrected chi connectivity index (χ3v) is 5.37. The number of para-hydroxylation sites is 1. The Morgan fingerprint density at radius 3 is 2.79 bits per heavy atom. The van der Waals surface area contributed by atoms with Crippen LogP contribution >= 0.6 is 0 Å². The first-order valence-electron chi connectivity index (χ1n) is 9.54. The van der Waals surface area contributed by atoms with Crippen LogP contribution in [0.15, 0.2) is 48.5 Å². The predicted molar refractivity (Wildman–Crippen MR) is 104 cm³/mol. The van der Waals surface area contributed by atoms with Crippen molar-refractivity contribution in [1.82, 2.24) is 10.2 Å². The number of benzene rings is 2. The molecule has 2 heterocycles. The zero-order valence-electron chi connectivity index (χ0n) is 15.9. The van der Waals surface area contributed by atoms with Crippen molar-refractivity contribution in [2.24, 2.45) is 0 Å². The molecule has 0 aliphatic carbocycles. The fourth-order valence-corrected chi connectivity index (χ4v) is 3.94. The number of amides is 2. The highest BCUT2D eigenvalue weighted by Gasteiger charge is 2.42. The van der Waals surface area contributed by atoms with E-state index in [9.17, 15) is 9.59 Å². The Kier molecular flexibility index (Phi) is 5.05. The molecule has 1 fully saturated rings. The molecule has 2 aromatic rings. The second-order valence-corrected chi connectivity index (χ2v) is 7.42. The van der Waals surface area contributed by atoms with Crippen LogP contribution in [-0.2, 0) is 11.3 Å². The fraction of sp³-hybridized carbons (Fsp3) is 0.364. The summed E-state index contributed by atoms with van der Waals surface area (Å²) in [7, 11) is 1.65. The van der Waals surface area contributed by atoms with Crippen LogP contribution in [-0.4, -0.2) is 49.1 Å². The quantitative estimate of drug-likeness (QED) is 0.889. The lowest BCUT2D eigenvalue weighted by atomic mass is 9.91. The van der Waals surface area contributed by atoms with Crippen LogP contribution in [0.5, 0.6) is 5.75 Å². The molecule has 1 N–H and O–H groups in total. The van der Waals surface area contributed by atoms with E-state index >= 15 is 0 Å². The van der Waals surface area contributed by atoms with Gasteiger partial charge in [-0.05, 0) is 42.7 Å². The van der Waals surface area contributed by atoms with Crippen LogP contribution in [0.1, 0.15) is 39.1 Å². The topological polar surface area (TPSA) is 67.9 Å². The first-order chi connectivity index (χ1) is 13.6. The molecule has 2 aliphatic rings. The van der Waals surface area contributed by atoms with Crippen LogP contribution in [0, 0.1) is 0 Å². The second kappa shape index (κ2) is 7.64. The molecule has 0 bridgehead atoms. The normalized spacial score (nSPS) is 21.5. The molecule has 2 aliphatic heterocycles. The van der Waals surface area contributed by atoms with Crippen LogP contribution in [0.25, 0.3) is 0 Å². The van der Waals surface area contributed by atoms with Crippen LogP contribution in [0.4, 0.5) is 0 Å². The highest BCUT2D eigenvalue weighted by Crippen LogP contribution is 2.32. The second-order valence-electron chi connectivity index (χ2n) is 7.42. The summed E-state index contributed by atoms with van der Waals surface area (Å²) in [6.07, 6.45) is 1.61. The molecular weight excluding hydrogens is 356 g/mol. The Morgan fingerprint density at radius 1 is 1.21 bits per heavy atom. The number of carbonyl (C=O) groups excluding carboxylic acids is 2. The van der Waals surface area contributed by atoms with Gasteiger partial charge < -0.3 is 19.7 Å². The van der Waals surface area contributed by atoms with E-state index in [0.29, 0.717) is 43.1 Å². The van der Waals surface area contributed by atoms with Gasteiger partial charge in [-0.3, -0.25) is 9.59 Å². The van der Waals surface area contributed by atoms with Gasteiger partial charge in [0.15, 0.2) is 0 Å². The summed E-state index contributed by atoms with van der Waals surface area (Å²) in [4.78, 5) is 27.2. The Morgan fingerprint density at radius 2 is 2.00 bits per heavy atom. The van der Waals surface area contributed by atoms with Crippen molar-refractivity contribution < 1.29 is 19.1 Å². The Bertz CT molecular complexity index is 880. The van der Waals surface area contributed by atoms with E-state index in [1.165, 1.54) is 0 Å². The lowest BCUT2D eigenvalue weighted by Crippen LogP contribution is -2.57. The van der Waals surface area contributed by atoms with Crippen molar-refractivity contribution in [2.75, 3.05) is 26.7 Å². The highest BCUT2D eigenvalue weighted by molar-refractivity contribution is 5.97. The zero-order chi connectivity index (χ0) is 19.6. The van der Waals surface area contributed by atoms with Gasteiger partial charge in [0, 0.05) is 19.2 Å². The minimum atomic E-state index is -0.605. The van der Waals surface area contributed by atoms with Crippen LogP contribution in [0.2, 0.25) is 0 Å². The maximum atomic E-state index is 13.0. The highest BCUT2D eigenvalue weighted by atomic mass is 16.5. The predicted octanol–water partition coefficient (Wildman–Crippen LogP) is 2.63. The van der Waals surface area contributed by atoms with Gasteiger partial charge >= 0.3 is 0 Å². The van der Waals surface area contributed by atoms with Crippen LogP contribution < -0.4 is 10.1 Å². The molecule has 2 amide bonds. The third kappa shape index (κ3) is 3.60. The van der Waals surface area contributed by atoms with Crippen molar-refractivity contribution in [3.8, 4) is 5.75 Å². The maximum absolute atomic E-state index is 13.0. The lowest BCUT2D eigenvalue weighted by molar-refractivity contribution is -0.000861. The molecule has 0 aromatic heterocycles. The molecule has 0 radical (unpaired) electrons. The molecular formula is C22H24N2O4. The van der Waals surface area contributed by atoms with Gasteiger partial charge in [-0.25, -0.2) is 0 Å². The monoisotopic (exact) mass is 380 g/mol. The van der Waals surface area contributed by atoms with E-state index in [4.69, 9.17) is 9.47 Å². The number of nitrogens with zero attached hydrogens (tertiary/aromatic N) is 1. The molecule has 1 spiro atoms. The van der Waals surface area contributed by atoms with E-state index in [1.807, 2.05) is 47.4 Å². The molecule has 146 valence electrons. The number of fused-ring (bicyclic) bond motifs is 1. The van der Waals surface area contributed by atoms with Crippen LogP contribution in [0.3, 0.4) is 0 Å². The smallest absolute Gasteiger partial charge is 0.255 e. The number of ether oxygens (including phenoxy) is 2. The number of piperidine rings is 1. The van der Waals surface area contributed by atoms with E-state index in [0.717, 1.165) is 18.4 Å². The number of hydrogen-bond acceptors (Lipinski definition) is 4. The molecule has 6 heteroatoms. The van der Waals surface area contributed by atoms with Gasteiger partial charge in [-0.2, -0.15) is 0 Å². The number of likely N-dealkylation sites (tertiary alicyclic amines) is 1. The number of nitrogens with one attached hydrogen (secondary N) is 1. The molecule has 1 saturated heterocycles. The lowest BCUT2D eigenvalue weighted by Gasteiger charge is -2.42. The SMILES string of the molecule is COCc1ccc(C(=O)N2CCCC3(CNC(=O)c4ccccc4O3)C2)cc1. The van der Waals surface area contributed by atoms with Gasteiger partial charge in [-0.15, -0.1) is 0 Å². The van der Waals surface area contributed by atoms with E-state index in [-0.39, 0.29) is 11.8 Å². The molecule has 4 rings (SSSR count). The number of methoxy groups -OCH3 is 1. The summed E-state index contributed by atoms with van der Waals surface area (Å²) in [5, 5.41) is 2.97. The molecule has 1 atom stereocenters. The summed E-state index contributed by atoms with van der Waals surface area (Å²) in [5.41, 5.74) is 1.61. The summed E-state index contributed by atoms with van der Waals surface area (Å²) in [6.45, 7) is 2.03. The zero-order valence-corrected chi connectivity index (χ0v) is 15.9. The van der Waals surface area contributed by atoms with Crippen molar-refractivity contribution in [3.63, 3.8) is 0 Å². The van der Waals surface area contributed by atoms with Crippen molar-refractivity contribution in [2.45, 2.75) is 25.0 Å². The Hall–Kier alpha value is -2.86. The number of hydrogen-bond donors (Lipinski definition) is 1. The summed E-state index contributed by atoms with van der Waals surface area (Å²) >= 11 is 0. The molecule has 1 unspecified atom stereocenters. The fourth-order valence-electron chi connectivity index (χ4n) is 3.94. The van der Waals surface area contributed by atoms with Crippen molar-refractivity contribution in [3.05, 3.63) is 65.2 Å². The molecule has 0 saturated carbocycles. The van der Waals surface area contributed by atoms with Gasteiger partial charge in [0.1, 0.15) is 11.4 Å². The average molecular weight is 380 g/mol. The molecule has 28 heavy (non-hydrogen) atoms. The van der Waals surface area contributed by atoms with E-state index in [2.05, 4.69) is 5.32 Å². The van der Waals surface area contributed by atoms with E-state index < -0.39 is 5.60 Å². The largest absolute Gasteiger partial charge is 0.483 e. The van der Waals surface area contributed by atoms with E-state index in [1.54, 1.807) is 13.2 Å². The molecule has 2 aromatic carbocycles. The first-order valence-corrected chi connectivity index (χ1v) is 9.54. The van der Waals surface area contributed by atoms with Crippen molar-refractivity contribution in [1.29, 1.82) is 0 Å². The minimum absolute atomic E-state index is 0.0181. The maximum Gasteiger partial charge on any atom is 0.255 e. The number of rotatable bonds is 3. The summed E-state index contributed by atoms with van der Waals surface area (Å²) < 4.78 is 11.5.